The van der Waals surface area contributed by atoms with Gasteiger partial charge < -0.3 is 13.6 Å². The van der Waals surface area contributed by atoms with Crippen LogP contribution in [0.25, 0.3) is 0 Å². The second kappa shape index (κ2) is 9.80. The highest BCUT2D eigenvalue weighted by atomic mass is 28.4. The van der Waals surface area contributed by atoms with Gasteiger partial charge in [-0.25, -0.2) is 18.0 Å². The van der Waals surface area contributed by atoms with Crippen molar-refractivity contribution < 1.29 is 40.6 Å². The minimum absolute atomic E-state index is 0.103. The van der Waals surface area contributed by atoms with Gasteiger partial charge in [0.25, 0.3) is 0 Å². The van der Waals surface area contributed by atoms with E-state index in [1.807, 2.05) is 0 Å². The van der Waals surface area contributed by atoms with E-state index in [1.165, 1.54) is 0 Å². The van der Waals surface area contributed by atoms with Crippen LogP contribution in [-0.2, 0) is 8.85 Å². The van der Waals surface area contributed by atoms with E-state index in [4.69, 9.17) is 8.85 Å². The molecule has 0 aliphatic rings. The molecule has 1 N–H and O–H groups in total. The average molecular weight is 402 g/mol. The Labute approximate surface area is 148 Å². The first-order valence-electron chi connectivity index (χ1n) is 7.73. The molecule has 1 aromatic rings. The predicted octanol–water partition coefficient (Wildman–Crippen LogP) is 3.50. The first kappa shape index (κ1) is 22.3. The third-order valence-corrected chi connectivity index (χ3v) is 5.65. The van der Waals surface area contributed by atoms with Gasteiger partial charge in [0, 0.05) is 19.3 Å². The van der Waals surface area contributed by atoms with E-state index in [0.29, 0.717) is 12.1 Å². The van der Waals surface area contributed by atoms with E-state index in [9.17, 15) is 31.7 Å². The molecule has 6 nitrogen and oxygen atoms in total. The molecule has 0 radical (unpaired) electrons. The third-order valence-electron chi connectivity index (χ3n) is 3.19. The van der Waals surface area contributed by atoms with Crippen LogP contribution in [0.15, 0.2) is 12.1 Å². The highest BCUT2D eigenvalue weighted by Crippen LogP contribution is 2.25. The van der Waals surface area contributed by atoms with E-state index in [0.717, 1.165) is 0 Å². The number of hydrogen-bond acceptors (Lipinski definition) is 4. The van der Waals surface area contributed by atoms with E-state index < -0.39 is 54.8 Å². The summed E-state index contributed by atoms with van der Waals surface area (Å²) in [6.07, 6.45) is -0.140. The van der Waals surface area contributed by atoms with Gasteiger partial charge in [0.05, 0.1) is 6.54 Å². The van der Waals surface area contributed by atoms with Crippen LogP contribution in [0.1, 0.15) is 20.3 Å². The first-order chi connectivity index (χ1) is 12.2. The molecule has 0 saturated heterocycles. The molecule has 0 aromatic heterocycles. The highest BCUT2D eigenvalue weighted by molar-refractivity contribution is 6.59. The maximum Gasteiger partial charge on any atom is 0.498 e. The van der Waals surface area contributed by atoms with Gasteiger partial charge in [-0.3, -0.25) is 0 Å². The number of benzene rings is 1. The second-order valence-corrected chi connectivity index (χ2v) is 7.53. The van der Waals surface area contributed by atoms with Crippen molar-refractivity contribution in [1.82, 2.24) is 5.12 Å². The number of urea groups is 1. The van der Waals surface area contributed by atoms with Gasteiger partial charge in [-0.05, 0) is 32.4 Å². The quantitative estimate of drug-likeness (QED) is 0.297. The van der Waals surface area contributed by atoms with Gasteiger partial charge in [0.2, 0.25) is 0 Å². The van der Waals surface area contributed by atoms with Gasteiger partial charge >= 0.3 is 14.8 Å². The summed E-state index contributed by atoms with van der Waals surface area (Å²) in [5.41, 5.74) is -1.27. The number of amides is 2. The fourth-order valence-electron chi connectivity index (χ4n) is 2.04. The molecule has 148 valence electrons. The van der Waals surface area contributed by atoms with Crippen molar-refractivity contribution in [3.8, 4) is 0 Å². The molecule has 0 heterocycles. The molecule has 0 aliphatic carbocycles. The van der Waals surface area contributed by atoms with Crippen molar-refractivity contribution in [2.75, 3.05) is 24.9 Å². The molecule has 12 heteroatoms. The van der Waals surface area contributed by atoms with Crippen molar-refractivity contribution in [2.24, 2.45) is 0 Å². The highest BCUT2D eigenvalue weighted by Gasteiger charge is 2.36. The van der Waals surface area contributed by atoms with E-state index >= 15 is 0 Å². The lowest BCUT2D eigenvalue weighted by molar-refractivity contribution is 0.0597. The molecule has 0 unspecified atom stereocenters. The number of hydrogen-bond donors (Lipinski definition) is 1. The molecule has 1 aromatic carbocycles. The van der Waals surface area contributed by atoms with Crippen LogP contribution in [0.3, 0.4) is 0 Å². The van der Waals surface area contributed by atoms with Crippen LogP contribution in [0, 0.1) is 17.5 Å². The largest absolute Gasteiger partial charge is 0.498 e. The van der Waals surface area contributed by atoms with E-state index in [-0.39, 0.29) is 25.7 Å². The van der Waals surface area contributed by atoms with Crippen LogP contribution < -0.4 is 5.12 Å². The average Bonchev–Trinajstić information content (AvgIpc) is 2.59. The summed E-state index contributed by atoms with van der Waals surface area (Å²) in [4.78, 5) is 21.7. The number of anilines is 1. The fourth-order valence-corrected chi connectivity index (χ4v) is 3.92. The maximum absolute atomic E-state index is 13.8. The maximum atomic E-state index is 13.8. The Balaban J connectivity index is 2.68. The summed E-state index contributed by atoms with van der Waals surface area (Å²) in [5.74, 6) is -5.54. The Kier molecular flexibility index (Phi) is 8.40. The minimum atomic E-state index is -3.53. The zero-order chi connectivity index (χ0) is 19.9. The Bertz CT molecular complexity index is 619. The zero-order valence-corrected chi connectivity index (χ0v) is 15.1. The summed E-state index contributed by atoms with van der Waals surface area (Å²) in [6.45, 7) is 2.90. The first-order valence-corrected chi connectivity index (χ1v) is 9.70. The van der Waals surface area contributed by atoms with Gasteiger partial charge in [0.15, 0.2) is 17.5 Å². The van der Waals surface area contributed by atoms with E-state index in [1.54, 1.807) is 13.8 Å². The Morgan fingerprint density at radius 1 is 1.12 bits per heavy atom. The summed E-state index contributed by atoms with van der Waals surface area (Å²) >= 11 is 0. The molecule has 26 heavy (non-hydrogen) atoms. The van der Waals surface area contributed by atoms with Crippen LogP contribution in [0.4, 0.5) is 32.6 Å². The molecule has 0 bridgehead atoms. The second-order valence-electron chi connectivity index (χ2n) is 5.03. The fraction of sp³-hybridized carbons (Fsp3) is 0.500. The van der Waals surface area contributed by atoms with Crippen LogP contribution >= 0.6 is 0 Å². The lowest BCUT2D eigenvalue weighted by Gasteiger charge is -2.23. The Hall–Kier alpha value is -1.76. The van der Waals surface area contributed by atoms with Crippen LogP contribution in [0.2, 0.25) is 6.04 Å². The number of carbonyl (C=O) groups is 1. The number of nitrogens with zero attached hydrogens (tertiary/aromatic N) is 2. The molecule has 0 spiro atoms. The lowest BCUT2D eigenvalue weighted by Crippen LogP contribution is -2.43. The number of halogens is 5. The van der Waals surface area contributed by atoms with Gasteiger partial charge in [-0.2, -0.15) is 5.12 Å². The van der Waals surface area contributed by atoms with Gasteiger partial charge in [0.1, 0.15) is 5.69 Å². The van der Waals surface area contributed by atoms with Gasteiger partial charge in [-0.15, -0.1) is 5.12 Å². The van der Waals surface area contributed by atoms with Crippen LogP contribution in [-0.4, -0.2) is 44.5 Å². The molecule has 0 aliphatic heterocycles. The molecule has 0 atom stereocenters. The smallest absolute Gasteiger partial charge is 0.390 e. The topological polar surface area (TPSA) is 62.2 Å². The molecule has 1 rings (SSSR count). The summed E-state index contributed by atoms with van der Waals surface area (Å²) < 4.78 is 77.2. The normalized spacial score (nSPS) is 11.5. The summed E-state index contributed by atoms with van der Waals surface area (Å²) in [6, 6.07) is -1.19. The summed E-state index contributed by atoms with van der Waals surface area (Å²) in [5, 5.41) is -1.57. The molecule has 0 saturated carbocycles. The number of rotatable bonds is 9. The zero-order valence-electron chi connectivity index (χ0n) is 14.1. The summed E-state index contributed by atoms with van der Waals surface area (Å²) in [7, 11) is -3.53. The van der Waals surface area contributed by atoms with Gasteiger partial charge in [-0.1, -0.05) is 8.96 Å². The molecular formula is C14H19F5N2O4Si. The number of carbonyl (C=O) groups excluding carboxylic acids is 1. The van der Waals surface area contributed by atoms with E-state index in [2.05, 4.69) is 0 Å². The van der Waals surface area contributed by atoms with Crippen molar-refractivity contribution in [1.29, 1.82) is 0 Å². The van der Waals surface area contributed by atoms with Crippen molar-refractivity contribution >= 4 is 20.5 Å². The van der Waals surface area contributed by atoms with Crippen LogP contribution in [0.5, 0.6) is 0 Å². The van der Waals surface area contributed by atoms with Crippen molar-refractivity contribution in [3.05, 3.63) is 29.6 Å². The molecule has 2 amide bonds. The molecular weight excluding hydrogens is 383 g/mol. The lowest BCUT2D eigenvalue weighted by atomic mass is 10.3. The molecule has 0 fully saturated rings. The standard InChI is InChI=1S/C14H19F5N2O4Si/c1-3-24-26(23,25-4-2)9-5-8-20(18)14(22)21(19)11-7-6-10(15)12(16)13(11)17/h6-7,23H,3-5,8-9H2,1-2H3. The SMILES string of the molecule is CCO[Si](O)(CCCN(F)C(=O)N(F)c1ccc(F)c(F)c1F)OCC. The van der Waals surface area contributed by atoms with Crippen molar-refractivity contribution in [3.63, 3.8) is 0 Å². The predicted molar refractivity (Wildman–Crippen MR) is 83.8 cm³/mol. The third kappa shape index (κ3) is 5.62. The van der Waals surface area contributed by atoms with Crippen molar-refractivity contribution in [2.45, 2.75) is 26.3 Å². The minimum Gasteiger partial charge on any atom is -0.390 e. The monoisotopic (exact) mass is 402 g/mol. The Morgan fingerprint density at radius 2 is 1.69 bits per heavy atom. The Morgan fingerprint density at radius 3 is 2.23 bits per heavy atom.